The van der Waals surface area contributed by atoms with E-state index in [1.54, 1.807) is 18.2 Å². The van der Waals surface area contributed by atoms with E-state index in [1.807, 2.05) is 0 Å². The van der Waals surface area contributed by atoms with E-state index in [0.717, 1.165) is 11.6 Å². The van der Waals surface area contributed by atoms with Crippen molar-refractivity contribution >= 4 is 23.2 Å². The number of hydrogen-bond donors (Lipinski definition) is 1. The Morgan fingerprint density at radius 3 is 2.78 bits per heavy atom. The predicted molar refractivity (Wildman–Crippen MR) is 81.8 cm³/mol. The van der Waals surface area contributed by atoms with Crippen LogP contribution in [0.2, 0.25) is 5.02 Å². The van der Waals surface area contributed by atoms with Gasteiger partial charge in [0.25, 0.3) is 11.6 Å². The number of nitro groups is 1. The van der Waals surface area contributed by atoms with E-state index in [-0.39, 0.29) is 29.6 Å². The topological polar surface area (TPSA) is 90.7 Å². The molecule has 2 aromatic carbocycles. The first-order chi connectivity index (χ1) is 11.0. The summed E-state index contributed by atoms with van der Waals surface area (Å²) in [6, 6.07) is 9.25. The van der Waals surface area contributed by atoms with Gasteiger partial charge in [0.05, 0.1) is 4.92 Å². The zero-order valence-electron chi connectivity index (χ0n) is 11.7. The zero-order chi connectivity index (χ0) is 16.4. The SMILES string of the molecule is O=C(NCc1ccc2c(c1)OCO2)c1ccc(Cl)c([N+](=O)[O-])c1. The minimum absolute atomic E-state index is 0.0117. The highest BCUT2D eigenvalue weighted by atomic mass is 35.5. The average Bonchev–Trinajstić information content (AvgIpc) is 3.00. The molecule has 2 aromatic rings. The summed E-state index contributed by atoms with van der Waals surface area (Å²) in [7, 11) is 0. The molecule has 23 heavy (non-hydrogen) atoms. The number of benzene rings is 2. The maximum atomic E-state index is 12.1. The fourth-order valence-electron chi connectivity index (χ4n) is 2.13. The molecule has 0 fully saturated rings. The first-order valence-electron chi connectivity index (χ1n) is 6.65. The summed E-state index contributed by atoms with van der Waals surface area (Å²) in [5.41, 5.74) is 0.690. The maximum absolute atomic E-state index is 12.1. The van der Waals surface area contributed by atoms with Gasteiger partial charge in [-0.3, -0.25) is 14.9 Å². The Labute approximate surface area is 135 Å². The van der Waals surface area contributed by atoms with Crippen molar-refractivity contribution in [2.75, 3.05) is 6.79 Å². The van der Waals surface area contributed by atoms with Crippen molar-refractivity contribution < 1.29 is 19.2 Å². The third-order valence-corrected chi connectivity index (χ3v) is 3.61. The lowest BCUT2D eigenvalue weighted by atomic mass is 10.1. The lowest BCUT2D eigenvalue weighted by molar-refractivity contribution is -0.384. The lowest BCUT2D eigenvalue weighted by Crippen LogP contribution is -2.22. The summed E-state index contributed by atoms with van der Waals surface area (Å²) >= 11 is 5.72. The normalized spacial score (nSPS) is 12.0. The Kier molecular flexibility index (Phi) is 4.03. The molecule has 0 aromatic heterocycles. The van der Waals surface area contributed by atoms with E-state index in [1.165, 1.54) is 12.1 Å². The van der Waals surface area contributed by atoms with Gasteiger partial charge < -0.3 is 14.8 Å². The third-order valence-electron chi connectivity index (χ3n) is 3.30. The molecular weight excluding hydrogens is 324 g/mol. The van der Waals surface area contributed by atoms with Crippen molar-refractivity contribution in [2.24, 2.45) is 0 Å². The van der Waals surface area contributed by atoms with Gasteiger partial charge in [0.15, 0.2) is 11.5 Å². The van der Waals surface area contributed by atoms with Crippen LogP contribution in [0.15, 0.2) is 36.4 Å². The molecular formula is C15H11ClN2O5. The van der Waals surface area contributed by atoms with Gasteiger partial charge >= 0.3 is 0 Å². The number of amides is 1. The van der Waals surface area contributed by atoms with E-state index in [0.29, 0.717) is 11.5 Å². The molecule has 1 aliphatic heterocycles. The van der Waals surface area contributed by atoms with Gasteiger partial charge in [-0.05, 0) is 29.8 Å². The van der Waals surface area contributed by atoms with Crippen LogP contribution < -0.4 is 14.8 Å². The van der Waals surface area contributed by atoms with E-state index in [4.69, 9.17) is 21.1 Å². The fraction of sp³-hybridized carbons (Fsp3) is 0.133. The largest absolute Gasteiger partial charge is 0.454 e. The van der Waals surface area contributed by atoms with Crippen molar-refractivity contribution in [3.8, 4) is 11.5 Å². The molecule has 1 aliphatic rings. The highest BCUT2D eigenvalue weighted by molar-refractivity contribution is 6.32. The van der Waals surface area contributed by atoms with Gasteiger partial charge in [0, 0.05) is 18.2 Å². The van der Waals surface area contributed by atoms with Gasteiger partial charge in [-0.25, -0.2) is 0 Å². The molecule has 0 saturated carbocycles. The minimum Gasteiger partial charge on any atom is -0.454 e. The number of ether oxygens (including phenoxy) is 2. The Balaban J connectivity index is 1.70. The summed E-state index contributed by atoms with van der Waals surface area (Å²) in [6.07, 6.45) is 0. The first-order valence-corrected chi connectivity index (χ1v) is 7.03. The molecule has 0 aliphatic carbocycles. The van der Waals surface area contributed by atoms with E-state index in [2.05, 4.69) is 5.32 Å². The van der Waals surface area contributed by atoms with Gasteiger partial charge in [-0.1, -0.05) is 17.7 Å². The molecule has 0 bridgehead atoms. The summed E-state index contributed by atoms with van der Waals surface area (Å²) in [5.74, 6) is 0.856. The number of fused-ring (bicyclic) bond motifs is 1. The maximum Gasteiger partial charge on any atom is 0.288 e. The smallest absolute Gasteiger partial charge is 0.288 e. The molecule has 0 atom stereocenters. The molecule has 1 heterocycles. The monoisotopic (exact) mass is 334 g/mol. The number of halogens is 1. The minimum atomic E-state index is -0.628. The quantitative estimate of drug-likeness (QED) is 0.685. The number of rotatable bonds is 4. The molecule has 3 rings (SSSR count). The molecule has 0 radical (unpaired) electrons. The lowest BCUT2D eigenvalue weighted by Gasteiger charge is -2.07. The molecule has 7 nitrogen and oxygen atoms in total. The van der Waals surface area contributed by atoms with Crippen LogP contribution in [0.4, 0.5) is 5.69 Å². The highest BCUT2D eigenvalue weighted by Gasteiger charge is 2.17. The highest BCUT2D eigenvalue weighted by Crippen LogP contribution is 2.32. The molecule has 1 amide bonds. The second-order valence-corrected chi connectivity index (χ2v) is 5.20. The average molecular weight is 335 g/mol. The second-order valence-electron chi connectivity index (χ2n) is 4.79. The van der Waals surface area contributed by atoms with Crippen LogP contribution in [-0.4, -0.2) is 17.6 Å². The number of carbonyl (C=O) groups excluding carboxylic acids is 1. The van der Waals surface area contributed by atoms with Crippen LogP contribution in [0.5, 0.6) is 11.5 Å². The molecule has 0 spiro atoms. The second kappa shape index (κ2) is 6.13. The first kappa shape index (κ1) is 15.1. The van der Waals surface area contributed by atoms with E-state index < -0.39 is 10.8 Å². The van der Waals surface area contributed by atoms with Crippen LogP contribution in [0, 0.1) is 10.1 Å². The van der Waals surface area contributed by atoms with E-state index >= 15 is 0 Å². The van der Waals surface area contributed by atoms with Crippen LogP contribution in [-0.2, 0) is 6.54 Å². The number of hydrogen-bond acceptors (Lipinski definition) is 5. The summed E-state index contributed by atoms with van der Waals surface area (Å²) < 4.78 is 10.5. The number of nitro benzene ring substituents is 1. The van der Waals surface area contributed by atoms with Crippen molar-refractivity contribution in [2.45, 2.75) is 6.54 Å². The van der Waals surface area contributed by atoms with Crippen molar-refractivity contribution in [1.82, 2.24) is 5.32 Å². The molecule has 0 saturated heterocycles. The van der Waals surface area contributed by atoms with Gasteiger partial charge in [0.1, 0.15) is 5.02 Å². The van der Waals surface area contributed by atoms with Crippen LogP contribution in [0.25, 0.3) is 0 Å². The molecule has 8 heteroatoms. The Hall–Kier alpha value is -2.80. The number of carbonyl (C=O) groups is 1. The Morgan fingerprint density at radius 2 is 2.00 bits per heavy atom. The van der Waals surface area contributed by atoms with Crippen LogP contribution >= 0.6 is 11.6 Å². The van der Waals surface area contributed by atoms with Crippen molar-refractivity contribution in [1.29, 1.82) is 0 Å². The predicted octanol–water partition coefficient (Wildman–Crippen LogP) is 2.91. The van der Waals surface area contributed by atoms with Crippen LogP contribution in [0.1, 0.15) is 15.9 Å². The third kappa shape index (κ3) is 3.19. The van der Waals surface area contributed by atoms with E-state index in [9.17, 15) is 14.9 Å². The summed E-state index contributed by atoms with van der Waals surface area (Å²) in [5, 5.41) is 13.5. The summed E-state index contributed by atoms with van der Waals surface area (Å²) in [4.78, 5) is 22.3. The number of nitrogens with zero attached hydrogens (tertiary/aromatic N) is 1. The molecule has 1 N–H and O–H groups in total. The van der Waals surface area contributed by atoms with Crippen molar-refractivity contribution in [3.05, 3.63) is 62.7 Å². The Morgan fingerprint density at radius 1 is 1.22 bits per heavy atom. The fourth-order valence-corrected chi connectivity index (χ4v) is 2.32. The Bertz CT molecular complexity index is 793. The van der Waals surface area contributed by atoms with Crippen molar-refractivity contribution in [3.63, 3.8) is 0 Å². The zero-order valence-corrected chi connectivity index (χ0v) is 12.5. The van der Waals surface area contributed by atoms with Gasteiger partial charge in [0.2, 0.25) is 6.79 Å². The molecule has 0 unspecified atom stereocenters. The van der Waals surface area contributed by atoms with Gasteiger partial charge in [-0.15, -0.1) is 0 Å². The summed E-state index contributed by atoms with van der Waals surface area (Å²) in [6.45, 7) is 0.436. The van der Waals surface area contributed by atoms with Crippen LogP contribution in [0.3, 0.4) is 0 Å². The van der Waals surface area contributed by atoms with Gasteiger partial charge in [-0.2, -0.15) is 0 Å². The number of nitrogens with one attached hydrogen (secondary N) is 1. The molecule has 118 valence electrons. The standard InChI is InChI=1S/C15H11ClN2O5/c16-11-3-2-10(6-12(11)18(20)21)15(19)17-7-9-1-4-13-14(5-9)23-8-22-13/h1-6H,7-8H2,(H,17,19).